The highest BCUT2D eigenvalue weighted by Crippen LogP contribution is 2.26. The van der Waals surface area contributed by atoms with Gasteiger partial charge >= 0.3 is 0 Å². The summed E-state index contributed by atoms with van der Waals surface area (Å²) in [6, 6.07) is 0.627. The molecular weight excluding hydrogens is 174 g/mol. The van der Waals surface area contributed by atoms with Crippen LogP contribution >= 0.6 is 0 Å². The molecule has 14 heavy (non-hydrogen) atoms. The van der Waals surface area contributed by atoms with Crippen LogP contribution in [0.3, 0.4) is 0 Å². The van der Waals surface area contributed by atoms with Gasteiger partial charge in [0.15, 0.2) is 0 Å². The average Bonchev–Trinajstić information content (AvgIpc) is 2.92. The van der Waals surface area contributed by atoms with Crippen LogP contribution in [0.2, 0.25) is 0 Å². The summed E-state index contributed by atoms with van der Waals surface area (Å²) >= 11 is 0. The van der Waals surface area contributed by atoms with Crippen molar-refractivity contribution in [3.63, 3.8) is 0 Å². The standard InChI is InChI=1S/C12H21NO/c14-12-9-7-5-3-1-2-4-6-8-11-10-13(11)12/h11H,1-10H2. The van der Waals surface area contributed by atoms with Gasteiger partial charge < -0.3 is 4.90 Å². The zero-order valence-corrected chi connectivity index (χ0v) is 9.00. The smallest absolute Gasteiger partial charge is 0.222 e. The lowest BCUT2D eigenvalue weighted by atomic mass is 10.1. The van der Waals surface area contributed by atoms with Crippen molar-refractivity contribution in [2.24, 2.45) is 0 Å². The van der Waals surface area contributed by atoms with Gasteiger partial charge in [-0.1, -0.05) is 38.5 Å². The molecule has 2 rings (SSSR count). The Hall–Kier alpha value is -0.530. The predicted octanol–water partition coefficient (Wildman–Crippen LogP) is 2.72. The summed E-state index contributed by atoms with van der Waals surface area (Å²) in [4.78, 5) is 13.7. The maximum absolute atomic E-state index is 11.6. The van der Waals surface area contributed by atoms with Crippen molar-refractivity contribution in [3.8, 4) is 0 Å². The highest BCUT2D eigenvalue weighted by molar-refractivity contribution is 5.78. The fourth-order valence-corrected chi connectivity index (χ4v) is 2.42. The lowest BCUT2D eigenvalue weighted by Gasteiger charge is -2.07. The van der Waals surface area contributed by atoms with Gasteiger partial charge in [0.25, 0.3) is 0 Å². The van der Waals surface area contributed by atoms with Crippen LogP contribution in [0.1, 0.15) is 57.8 Å². The van der Waals surface area contributed by atoms with E-state index in [2.05, 4.69) is 4.90 Å². The molecule has 1 atom stereocenters. The van der Waals surface area contributed by atoms with Crippen molar-refractivity contribution in [1.82, 2.24) is 4.90 Å². The summed E-state index contributed by atoms with van der Waals surface area (Å²) in [6.07, 6.45) is 11.2. The zero-order valence-electron chi connectivity index (χ0n) is 9.00. The first-order valence-corrected chi connectivity index (χ1v) is 6.17. The molecule has 0 saturated carbocycles. The maximum atomic E-state index is 11.6. The van der Waals surface area contributed by atoms with Crippen molar-refractivity contribution in [2.75, 3.05) is 6.54 Å². The van der Waals surface area contributed by atoms with Gasteiger partial charge in [0.1, 0.15) is 0 Å². The monoisotopic (exact) mass is 195 g/mol. The van der Waals surface area contributed by atoms with Crippen LogP contribution in [0.5, 0.6) is 0 Å². The molecule has 2 aliphatic rings. The fourth-order valence-electron chi connectivity index (χ4n) is 2.42. The topological polar surface area (TPSA) is 20.1 Å². The average molecular weight is 195 g/mol. The van der Waals surface area contributed by atoms with Crippen molar-refractivity contribution < 1.29 is 4.79 Å². The molecule has 0 spiro atoms. The first kappa shape index (κ1) is 10.0. The molecule has 2 saturated heterocycles. The van der Waals surface area contributed by atoms with Crippen LogP contribution in [0.4, 0.5) is 0 Å². The molecule has 2 heteroatoms. The van der Waals surface area contributed by atoms with E-state index in [-0.39, 0.29) is 0 Å². The molecule has 1 unspecified atom stereocenters. The Kier molecular flexibility index (Phi) is 3.44. The Bertz CT molecular complexity index is 202. The molecule has 2 fully saturated rings. The summed E-state index contributed by atoms with van der Waals surface area (Å²) in [7, 11) is 0. The molecule has 0 aromatic rings. The minimum atomic E-state index is 0.413. The van der Waals surface area contributed by atoms with Gasteiger partial charge in [-0.2, -0.15) is 0 Å². The van der Waals surface area contributed by atoms with E-state index in [0.717, 1.165) is 19.4 Å². The molecular formula is C12H21NO. The molecule has 0 N–H and O–H groups in total. The summed E-state index contributed by atoms with van der Waals surface area (Å²) in [5.41, 5.74) is 0. The normalized spacial score (nSPS) is 30.1. The molecule has 0 radical (unpaired) electrons. The lowest BCUT2D eigenvalue weighted by molar-refractivity contribution is -0.126. The SMILES string of the molecule is O=C1CCCCCCCCCC2CN12. The molecule has 2 nitrogen and oxygen atoms in total. The van der Waals surface area contributed by atoms with Crippen molar-refractivity contribution in [2.45, 2.75) is 63.8 Å². The van der Waals surface area contributed by atoms with Gasteiger partial charge in [-0.05, 0) is 12.8 Å². The van der Waals surface area contributed by atoms with Gasteiger partial charge in [-0.15, -0.1) is 0 Å². The first-order chi connectivity index (χ1) is 6.88. The van der Waals surface area contributed by atoms with Crippen LogP contribution in [-0.4, -0.2) is 23.4 Å². The third-order valence-electron chi connectivity index (χ3n) is 3.46. The molecule has 80 valence electrons. The highest BCUT2D eigenvalue weighted by Gasteiger charge is 2.36. The van der Waals surface area contributed by atoms with Gasteiger partial charge in [0.05, 0.1) is 0 Å². The first-order valence-electron chi connectivity index (χ1n) is 6.17. The second-order valence-corrected chi connectivity index (χ2v) is 4.71. The Morgan fingerprint density at radius 2 is 1.57 bits per heavy atom. The summed E-state index contributed by atoms with van der Waals surface area (Å²) in [5.74, 6) is 0.413. The number of hydrogen-bond donors (Lipinski definition) is 0. The van der Waals surface area contributed by atoms with Crippen LogP contribution in [0.25, 0.3) is 0 Å². The van der Waals surface area contributed by atoms with Crippen molar-refractivity contribution >= 4 is 5.91 Å². The number of hydrogen-bond acceptors (Lipinski definition) is 1. The highest BCUT2D eigenvalue weighted by atomic mass is 16.2. The van der Waals surface area contributed by atoms with Crippen LogP contribution < -0.4 is 0 Å². The third kappa shape index (κ3) is 2.73. The van der Waals surface area contributed by atoms with Gasteiger partial charge in [-0.25, -0.2) is 0 Å². The quantitative estimate of drug-likeness (QED) is 0.544. The number of amides is 1. The van der Waals surface area contributed by atoms with E-state index in [1.165, 1.54) is 44.9 Å². The maximum Gasteiger partial charge on any atom is 0.222 e. The van der Waals surface area contributed by atoms with E-state index in [0.29, 0.717) is 11.9 Å². The second kappa shape index (κ2) is 4.81. The number of rotatable bonds is 0. The Morgan fingerprint density at radius 1 is 0.929 bits per heavy atom. The molecule has 2 aliphatic heterocycles. The van der Waals surface area contributed by atoms with Crippen molar-refractivity contribution in [3.05, 3.63) is 0 Å². The van der Waals surface area contributed by atoms with E-state index >= 15 is 0 Å². The summed E-state index contributed by atoms with van der Waals surface area (Å²) < 4.78 is 0. The number of fused-ring (bicyclic) bond motifs is 1. The Morgan fingerprint density at radius 3 is 2.36 bits per heavy atom. The number of nitrogens with zero attached hydrogens (tertiary/aromatic N) is 1. The summed E-state index contributed by atoms with van der Waals surface area (Å²) in [6.45, 7) is 1.05. The van der Waals surface area contributed by atoms with Crippen LogP contribution in [-0.2, 0) is 4.79 Å². The molecule has 0 bridgehead atoms. The molecule has 1 amide bonds. The van der Waals surface area contributed by atoms with E-state index in [9.17, 15) is 4.79 Å². The number of carbonyl (C=O) groups is 1. The van der Waals surface area contributed by atoms with E-state index < -0.39 is 0 Å². The largest absolute Gasteiger partial charge is 0.336 e. The van der Waals surface area contributed by atoms with Crippen molar-refractivity contribution in [1.29, 1.82) is 0 Å². The number of carbonyl (C=O) groups excluding carboxylic acids is 1. The molecule has 2 heterocycles. The lowest BCUT2D eigenvalue weighted by Crippen LogP contribution is -2.13. The predicted molar refractivity (Wildman–Crippen MR) is 57.1 cm³/mol. The Balaban J connectivity index is 1.76. The molecule has 0 aliphatic carbocycles. The van der Waals surface area contributed by atoms with Crippen LogP contribution in [0, 0.1) is 0 Å². The second-order valence-electron chi connectivity index (χ2n) is 4.71. The van der Waals surface area contributed by atoms with E-state index in [1.807, 2.05) is 0 Å². The minimum absolute atomic E-state index is 0.413. The molecule has 0 aromatic carbocycles. The third-order valence-corrected chi connectivity index (χ3v) is 3.46. The fraction of sp³-hybridized carbons (Fsp3) is 0.917. The van der Waals surface area contributed by atoms with Gasteiger partial charge in [0.2, 0.25) is 5.91 Å². The van der Waals surface area contributed by atoms with E-state index in [4.69, 9.17) is 0 Å². The van der Waals surface area contributed by atoms with E-state index in [1.54, 1.807) is 0 Å². The Labute approximate surface area is 86.7 Å². The summed E-state index contributed by atoms with van der Waals surface area (Å²) in [5, 5.41) is 0. The van der Waals surface area contributed by atoms with Gasteiger partial charge in [-0.3, -0.25) is 4.79 Å². The minimum Gasteiger partial charge on any atom is -0.336 e. The van der Waals surface area contributed by atoms with Crippen LogP contribution in [0.15, 0.2) is 0 Å². The van der Waals surface area contributed by atoms with Gasteiger partial charge in [0, 0.05) is 19.0 Å². The molecule has 0 aromatic heterocycles. The zero-order chi connectivity index (χ0) is 9.80.